The van der Waals surface area contributed by atoms with Crippen LogP contribution in [0.15, 0.2) is 24.3 Å². The van der Waals surface area contributed by atoms with E-state index >= 15 is 0 Å². The number of aryl methyl sites for hydroxylation is 1. The molecule has 0 aliphatic rings. The molecule has 1 aromatic rings. The molecule has 1 aromatic carbocycles. The van der Waals surface area contributed by atoms with Gasteiger partial charge < -0.3 is 10.1 Å². The van der Waals surface area contributed by atoms with Gasteiger partial charge in [0.15, 0.2) is 0 Å². The lowest BCUT2D eigenvalue weighted by Crippen LogP contribution is -2.24. The van der Waals surface area contributed by atoms with Crippen LogP contribution in [-0.2, 0) is 11.2 Å². The van der Waals surface area contributed by atoms with Crippen LogP contribution in [0, 0.1) is 0 Å². The van der Waals surface area contributed by atoms with Crippen molar-refractivity contribution in [3.8, 4) is 0 Å². The molecule has 16 heavy (non-hydrogen) atoms. The van der Waals surface area contributed by atoms with E-state index in [0.29, 0.717) is 6.04 Å². The maximum atomic E-state index is 5.05. The van der Waals surface area contributed by atoms with Crippen molar-refractivity contribution < 1.29 is 4.74 Å². The second kappa shape index (κ2) is 7.42. The van der Waals surface area contributed by atoms with E-state index in [-0.39, 0.29) is 0 Å². The third kappa shape index (κ3) is 3.95. The zero-order valence-corrected chi connectivity index (χ0v) is 10.6. The summed E-state index contributed by atoms with van der Waals surface area (Å²) in [6.07, 6.45) is 2.21. The molecule has 0 amide bonds. The molecule has 2 heteroatoms. The summed E-state index contributed by atoms with van der Waals surface area (Å²) in [5, 5.41) is 3.50. The molecular formula is C14H23NO. The van der Waals surface area contributed by atoms with Gasteiger partial charge >= 0.3 is 0 Å². The zero-order chi connectivity index (χ0) is 11.8. The van der Waals surface area contributed by atoms with Crippen LogP contribution in [0.25, 0.3) is 0 Å². The monoisotopic (exact) mass is 221 g/mol. The average Bonchev–Trinajstić information content (AvgIpc) is 2.35. The highest BCUT2D eigenvalue weighted by Gasteiger charge is 2.07. The summed E-state index contributed by atoms with van der Waals surface area (Å²) in [4.78, 5) is 0. The van der Waals surface area contributed by atoms with Crippen LogP contribution in [0.5, 0.6) is 0 Å². The van der Waals surface area contributed by atoms with Gasteiger partial charge in [0.25, 0.3) is 0 Å². The summed E-state index contributed by atoms with van der Waals surface area (Å²) >= 11 is 0. The first-order chi connectivity index (χ1) is 7.81. The van der Waals surface area contributed by atoms with Crippen molar-refractivity contribution in [1.82, 2.24) is 5.32 Å². The second-order valence-electron chi connectivity index (χ2n) is 4.00. The second-order valence-corrected chi connectivity index (χ2v) is 4.00. The van der Waals surface area contributed by atoms with Crippen LogP contribution >= 0.6 is 0 Å². The van der Waals surface area contributed by atoms with Crippen LogP contribution in [0.4, 0.5) is 0 Å². The fourth-order valence-corrected chi connectivity index (χ4v) is 1.82. The van der Waals surface area contributed by atoms with Crippen LogP contribution in [0.2, 0.25) is 0 Å². The van der Waals surface area contributed by atoms with Crippen molar-refractivity contribution in [2.24, 2.45) is 0 Å². The van der Waals surface area contributed by atoms with Gasteiger partial charge in [0.1, 0.15) is 0 Å². The molecule has 0 radical (unpaired) electrons. The quantitative estimate of drug-likeness (QED) is 0.715. The molecular weight excluding hydrogens is 198 g/mol. The number of nitrogens with one attached hydrogen (secondary N) is 1. The summed E-state index contributed by atoms with van der Waals surface area (Å²) in [5.41, 5.74) is 2.77. The molecule has 2 nitrogen and oxygen atoms in total. The van der Waals surface area contributed by atoms with E-state index in [9.17, 15) is 0 Å². The molecule has 1 atom stereocenters. The van der Waals surface area contributed by atoms with Gasteiger partial charge in [-0.3, -0.25) is 0 Å². The Morgan fingerprint density at radius 2 is 1.88 bits per heavy atom. The molecule has 0 aliphatic heterocycles. The number of rotatable bonds is 7. The smallest absolute Gasteiger partial charge is 0.0587 e. The van der Waals surface area contributed by atoms with E-state index in [1.165, 1.54) is 11.1 Å². The molecule has 0 saturated heterocycles. The number of hydrogen-bond acceptors (Lipinski definition) is 2. The third-order valence-corrected chi connectivity index (χ3v) is 2.90. The van der Waals surface area contributed by atoms with Crippen molar-refractivity contribution in [1.29, 1.82) is 0 Å². The lowest BCUT2D eigenvalue weighted by Gasteiger charge is -2.17. The maximum Gasteiger partial charge on any atom is 0.0587 e. The van der Waals surface area contributed by atoms with Crippen molar-refractivity contribution in [2.45, 2.75) is 32.7 Å². The zero-order valence-electron chi connectivity index (χ0n) is 10.6. The van der Waals surface area contributed by atoms with Crippen LogP contribution in [0.3, 0.4) is 0 Å². The van der Waals surface area contributed by atoms with E-state index in [0.717, 1.165) is 26.0 Å². The Kier molecular flexibility index (Phi) is 6.12. The fourth-order valence-electron chi connectivity index (χ4n) is 1.82. The molecule has 0 spiro atoms. The molecule has 0 heterocycles. The Morgan fingerprint density at radius 3 is 2.38 bits per heavy atom. The highest BCUT2D eigenvalue weighted by molar-refractivity contribution is 5.24. The largest absolute Gasteiger partial charge is 0.383 e. The molecule has 90 valence electrons. The van der Waals surface area contributed by atoms with Crippen LogP contribution < -0.4 is 5.32 Å². The summed E-state index contributed by atoms with van der Waals surface area (Å²) in [7, 11) is 1.73. The number of ether oxygens (including phenoxy) is 1. The highest BCUT2D eigenvalue weighted by atomic mass is 16.5. The summed E-state index contributed by atoms with van der Waals surface area (Å²) in [5.74, 6) is 0. The van der Waals surface area contributed by atoms with Gasteiger partial charge in [0.05, 0.1) is 6.61 Å². The minimum Gasteiger partial charge on any atom is -0.383 e. The number of benzene rings is 1. The van der Waals surface area contributed by atoms with E-state index in [4.69, 9.17) is 4.74 Å². The maximum absolute atomic E-state index is 5.05. The van der Waals surface area contributed by atoms with E-state index in [1.54, 1.807) is 7.11 Å². The molecule has 0 aromatic heterocycles. The van der Waals surface area contributed by atoms with Crippen LogP contribution in [0.1, 0.15) is 37.4 Å². The van der Waals surface area contributed by atoms with Gasteiger partial charge in [-0.05, 0) is 24.0 Å². The molecule has 1 N–H and O–H groups in total. The molecule has 0 fully saturated rings. The SMILES string of the molecule is CCc1ccc(C(CC)NCCOC)cc1. The van der Waals surface area contributed by atoms with E-state index in [1.807, 2.05) is 0 Å². The van der Waals surface area contributed by atoms with Crippen molar-refractivity contribution in [3.05, 3.63) is 35.4 Å². The van der Waals surface area contributed by atoms with Gasteiger partial charge in [-0.2, -0.15) is 0 Å². The first kappa shape index (κ1) is 13.2. The fraction of sp³-hybridized carbons (Fsp3) is 0.571. The normalized spacial score (nSPS) is 12.7. The predicted molar refractivity (Wildman–Crippen MR) is 68.7 cm³/mol. The van der Waals surface area contributed by atoms with Crippen molar-refractivity contribution in [2.75, 3.05) is 20.3 Å². The van der Waals surface area contributed by atoms with Gasteiger partial charge in [-0.25, -0.2) is 0 Å². The van der Waals surface area contributed by atoms with Crippen molar-refractivity contribution >= 4 is 0 Å². The minimum absolute atomic E-state index is 0.445. The Bertz CT molecular complexity index is 281. The molecule has 0 aliphatic carbocycles. The first-order valence-electron chi connectivity index (χ1n) is 6.13. The average molecular weight is 221 g/mol. The van der Waals surface area contributed by atoms with Gasteiger partial charge in [-0.15, -0.1) is 0 Å². The predicted octanol–water partition coefficient (Wildman–Crippen LogP) is 2.94. The lowest BCUT2D eigenvalue weighted by molar-refractivity contribution is 0.195. The first-order valence-corrected chi connectivity index (χ1v) is 6.13. The van der Waals surface area contributed by atoms with Crippen molar-refractivity contribution in [3.63, 3.8) is 0 Å². The van der Waals surface area contributed by atoms with E-state index < -0.39 is 0 Å². The highest BCUT2D eigenvalue weighted by Crippen LogP contribution is 2.17. The van der Waals surface area contributed by atoms with Gasteiger partial charge in [-0.1, -0.05) is 38.1 Å². The van der Waals surface area contributed by atoms with Gasteiger partial charge in [0, 0.05) is 19.7 Å². The summed E-state index contributed by atoms with van der Waals surface area (Å²) in [6.45, 7) is 6.06. The topological polar surface area (TPSA) is 21.3 Å². The molecule has 0 bridgehead atoms. The number of methoxy groups -OCH3 is 1. The third-order valence-electron chi connectivity index (χ3n) is 2.90. The Labute approximate surface area is 99.0 Å². The lowest BCUT2D eigenvalue weighted by atomic mass is 10.0. The summed E-state index contributed by atoms with van der Waals surface area (Å²) in [6, 6.07) is 9.34. The minimum atomic E-state index is 0.445. The molecule has 0 saturated carbocycles. The molecule has 1 rings (SSSR count). The number of hydrogen-bond donors (Lipinski definition) is 1. The Balaban J connectivity index is 2.56. The Hall–Kier alpha value is -0.860. The molecule has 1 unspecified atom stereocenters. The standard InChI is InChI=1S/C14H23NO/c1-4-12-6-8-13(9-7-12)14(5-2)15-10-11-16-3/h6-9,14-15H,4-5,10-11H2,1-3H3. The van der Waals surface area contributed by atoms with Crippen LogP contribution in [-0.4, -0.2) is 20.3 Å². The van der Waals surface area contributed by atoms with E-state index in [2.05, 4.69) is 43.4 Å². The Morgan fingerprint density at radius 1 is 1.19 bits per heavy atom. The van der Waals surface area contributed by atoms with Gasteiger partial charge in [0.2, 0.25) is 0 Å². The summed E-state index contributed by atoms with van der Waals surface area (Å²) < 4.78 is 5.05.